The maximum atomic E-state index is 12.4. The molecule has 1 aromatic heterocycles. The molecule has 0 unspecified atom stereocenters. The second-order valence-electron chi connectivity index (χ2n) is 4.97. The molecule has 1 amide bonds. The number of pyridine rings is 1. The number of nitrogens with zero attached hydrogens (tertiary/aromatic N) is 2. The average molecular weight is 269 g/mol. The van der Waals surface area contributed by atoms with Crippen molar-refractivity contribution in [2.24, 2.45) is 5.73 Å². The Hall–Kier alpha value is -2.20. The molecule has 20 heavy (non-hydrogen) atoms. The molecular weight excluding hydrogens is 250 g/mol. The second kappa shape index (κ2) is 5.84. The summed E-state index contributed by atoms with van der Waals surface area (Å²) in [6.45, 7) is 4.46. The summed E-state index contributed by atoms with van der Waals surface area (Å²) in [4.78, 5) is 18.2. The van der Waals surface area contributed by atoms with Crippen LogP contribution in [-0.4, -0.2) is 17.9 Å². The first-order valence-corrected chi connectivity index (χ1v) is 6.52. The number of anilines is 1. The molecule has 0 bridgehead atoms. The molecule has 4 nitrogen and oxygen atoms in total. The van der Waals surface area contributed by atoms with E-state index < -0.39 is 0 Å². The quantitative estimate of drug-likeness (QED) is 0.931. The number of aromatic nitrogens is 1. The van der Waals surface area contributed by atoms with Crippen LogP contribution in [0, 0.1) is 13.8 Å². The van der Waals surface area contributed by atoms with Gasteiger partial charge in [-0.2, -0.15) is 0 Å². The summed E-state index contributed by atoms with van der Waals surface area (Å²) < 4.78 is 0. The summed E-state index contributed by atoms with van der Waals surface area (Å²) in [6.07, 6.45) is 1.64. The van der Waals surface area contributed by atoms with Gasteiger partial charge in [0.1, 0.15) is 5.69 Å². The van der Waals surface area contributed by atoms with Gasteiger partial charge in [0, 0.05) is 25.5 Å². The number of carbonyl (C=O) groups is 1. The lowest BCUT2D eigenvalue weighted by Gasteiger charge is -2.18. The fourth-order valence-electron chi connectivity index (χ4n) is 2.11. The summed E-state index contributed by atoms with van der Waals surface area (Å²) in [7, 11) is 1.76. The molecule has 0 saturated carbocycles. The Bertz CT molecular complexity index is 600. The molecule has 0 aliphatic rings. The SMILES string of the molecule is Cc1cc(C)cc(N(C)C(=O)c2ccc(CN)cn2)c1. The lowest BCUT2D eigenvalue weighted by atomic mass is 10.1. The Morgan fingerprint density at radius 1 is 1.20 bits per heavy atom. The van der Waals surface area contributed by atoms with Crippen molar-refractivity contribution in [2.75, 3.05) is 11.9 Å². The van der Waals surface area contributed by atoms with Gasteiger partial charge in [-0.25, -0.2) is 0 Å². The van der Waals surface area contributed by atoms with Gasteiger partial charge in [0.05, 0.1) is 0 Å². The summed E-state index contributed by atoms with van der Waals surface area (Å²) in [6, 6.07) is 9.59. The van der Waals surface area contributed by atoms with Crippen molar-refractivity contribution in [2.45, 2.75) is 20.4 Å². The summed E-state index contributed by atoms with van der Waals surface area (Å²) >= 11 is 0. The number of hydrogen-bond acceptors (Lipinski definition) is 3. The highest BCUT2D eigenvalue weighted by atomic mass is 16.2. The van der Waals surface area contributed by atoms with Gasteiger partial charge in [-0.15, -0.1) is 0 Å². The van der Waals surface area contributed by atoms with Crippen LogP contribution in [-0.2, 0) is 6.54 Å². The molecule has 0 atom stereocenters. The topological polar surface area (TPSA) is 59.2 Å². The largest absolute Gasteiger partial charge is 0.326 e. The first-order chi connectivity index (χ1) is 9.51. The summed E-state index contributed by atoms with van der Waals surface area (Å²) in [5.41, 5.74) is 9.99. The van der Waals surface area contributed by atoms with Gasteiger partial charge in [-0.05, 0) is 48.7 Å². The number of benzene rings is 1. The van der Waals surface area contributed by atoms with Crippen molar-refractivity contribution in [3.05, 3.63) is 58.9 Å². The van der Waals surface area contributed by atoms with E-state index in [1.807, 2.05) is 32.0 Å². The molecule has 104 valence electrons. The molecule has 2 aromatic rings. The van der Waals surface area contributed by atoms with E-state index in [9.17, 15) is 4.79 Å². The average Bonchev–Trinajstić information content (AvgIpc) is 2.45. The molecule has 2 rings (SSSR count). The summed E-state index contributed by atoms with van der Waals surface area (Å²) in [5, 5.41) is 0. The normalized spacial score (nSPS) is 10.4. The Kier molecular flexibility index (Phi) is 4.15. The second-order valence-corrected chi connectivity index (χ2v) is 4.97. The standard InChI is InChI=1S/C16H19N3O/c1-11-6-12(2)8-14(7-11)19(3)16(20)15-5-4-13(9-17)10-18-15/h4-8,10H,9,17H2,1-3H3. The van der Waals surface area contributed by atoms with Gasteiger partial charge in [0.15, 0.2) is 0 Å². The molecule has 1 aromatic carbocycles. The number of nitrogens with two attached hydrogens (primary N) is 1. The molecule has 1 heterocycles. The van der Waals surface area contributed by atoms with E-state index in [1.165, 1.54) is 0 Å². The van der Waals surface area contributed by atoms with Crippen LogP contribution in [0.5, 0.6) is 0 Å². The van der Waals surface area contributed by atoms with Crippen LogP contribution >= 0.6 is 0 Å². The smallest absolute Gasteiger partial charge is 0.276 e. The number of hydrogen-bond donors (Lipinski definition) is 1. The van der Waals surface area contributed by atoms with E-state index >= 15 is 0 Å². The van der Waals surface area contributed by atoms with Crippen LogP contribution in [0.1, 0.15) is 27.2 Å². The van der Waals surface area contributed by atoms with Crippen molar-refractivity contribution >= 4 is 11.6 Å². The molecule has 4 heteroatoms. The monoisotopic (exact) mass is 269 g/mol. The van der Waals surface area contributed by atoms with E-state index in [0.29, 0.717) is 12.2 Å². The van der Waals surface area contributed by atoms with Gasteiger partial charge >= 0.3 is 0 Å². The van der Waals surface area contributed by atoms with Crippen molar-refractivity contribution in [1.29, 1.82) is 0 Å². The minimum atomic E-state index is -0.126. The van der Waals surface area contributed by atoms with Gasteiger partial charge in [0.2, 0.25) is 0 Å². The van der Waals surface area contributed by atoms with Crippen LogP contribution in [0.2, 0.25) is 0 Å². The zero-order valence-electron chi connectivity index (χ0n) is 12.1. The van der Waals surface area contributed by atoms with Crippen LogP contribution in [0.3, 0.4) is 0 Å². The predicted octanol–water partition coefficient (Wildman–Crippen LogP) is 2.43. The highest BCUT2D eigenvalue weighted by molar-refractivity contribution is 6.04. The van der Waals surface area contributed by atoms with Crippen LogP contribution in [0.4, 0.5) is 5.69 Å². The fourth-order valence-corrected chi connectivity index (χ4v) is 2.11. The minimum Gasteiger partial charge on any atom is -0.326 e. The Morgan fingerprint density at radius 3 is 2.35 bits per heavy atom. The van der Waals surface area contributed by atoms with Crippen molar-refractivity contribution in [1.82, 2.24) is 4.98 Å². The molecule has 0 aliphatic heterocycles. The molecule has 0 aliphatic carbocycles. The Labute approximate surface area is 119 Å². The Morgan fingerprint density at radius 2 is 1.85 bits per heavy atom. The van der Waals surface area contributed by atoms with Gasteiger partial charge in [0.25, 0.3) is 5.91 Å². The number of carbonyl (C=O) groups excluding carboxylic acids is 1. The maximum absolute atomic E-state index is 12.4. The van der Waals surface area contributed by atoms with E-state index in [1.54, 1.807) is 24.2 Å². The lowest BCUT2D eigenvalue weighted by molar-refractivity contribution is 0.0988. The minimum absolute atomic E-state index is 0.126. The fraction of sp³-hybridized carbons (Fsp3) is 0.250. The molecule has 0 radical (unpaired) electrons. The molecule has 0 spiro atoms. The van der Waals surface area contributed by atoms with Crippen LogP contribution < -0.4 is 10.6 Å². The zero-order chi connectivity index (χ0) is 14.7. The number of amides is 1. The molecule has 2 N–H and O–H groups in total. The van der Waals surface area contributed by atoms with Crippen molar-refractivity contribution in [3.8, 4) is 0 Å². The maximum Gasteiger partial charge on any atom is 0.276 e. The van der Waals surface area contributed by atoms with E-state index in [2.05, 4.69) is 11.1 Å². The van der Waals surface area contributed by atoms with E-state index in [-0.39, 0.29) is 5.91 Å². The lowest BCUT2D eigenvalue weighted by Crippen LogP contribution is -2.27. The van der Waals surface area contributed by atoms with Crippen molar-refractivity contribution in [3.63, 3.8) is 0 Å². The zero-order valence-corrected chi connectivity index (χ0v) is 12.1. The third-order valence-electron chi connectivity index (χ3n) is 3.18. The van der Waals surface area contributed by atoms with Crippen LogP contribution in [0.25, 0.3) is 0 Å². The number of rotatable bonds is 3. The number of aryl methyl sites for hydroxylation is 2. The van der Waals surface area contributed by atoms with Crippen LogP contribution in [0.15, 0.2) is 36.5 Å². The first-order valence-electron chi connectivity index (χ1n) is 6.52. The molecule has 0 saturated heterocycles. The van der Waals surface area contributed by atoms with Crippen molar-refractivity contribution < 1.29 is 4.79 Å². The van der Waals surface area contributed by atoms with Gasteiger partial charge < -0.3 is 10.6 Å². The third kappa shape index (κ3) is 3.03. The van der Waals surface area contributed by atoms with Gasteiger partial charge in [-0.1, -0.05) is 12.1 Å². The third-order valence-corrected chi connectivity index (χ3v) is 3.18. The molecule has 0 fully saturated rings. The summed E-state index contributed by atoms with van der Waals surface area (Å²) in [5.74, 6) is -0.126. The van der Waals surface area contributed by atoms with E-state index in [0.717, 1.165) is 22.4 Å². The first kappa shape index (κ1) is 14.2. The van der Waals surface area contributed by atoms with E-state index in [4.69, 9.17) is 5.73 Å². The highest BCUT2D eigenvalue weighted by Crippen LogP contribution is 2.19. The highest BCUT2D eigenvalue weighted by Gasteiger charge is 2.15. The van der Waals surface area contributed by atoms with Gasteiger partial charge in [-0.3, -0.25) is 9.78 Å². The Balaban J connectivity index is 2.27. The molecular formula is C16H19N3O. The predicted molar refractivity (Wildman–Crippen MR) is 80.8 cm³/mol.